The molecule has 4 heterocycles. The Morgan fingerprint density at radius 2 is 0.872 bits per heavy atom. The standard InChI is InChI=1S/C21H31N3O2.C21H32N3O.C18H27N3.C17H23N3O.ClH/c1-20(2,3)26-19(25)23-12-7-13-24-14-10-21(17-22,11-15-24)16-18-8-5-4-6-9-18;1-24(2,3)17-7-10-20(25)23-15-13-21(18-22,14-16-23)12-11-19-8-5-4-6-9-19;1-20(2)11-6-12-21-13-9-18(16-19,10-14-21)15-17-7-4-3-5-8-17;1-19(2)13-16(21)20-10-8-17(14-18,9-11-20)12-15-6-4-3-5-7-15;/h4-6,8-9H,7,10-16H2,1-3H3,(H,23,25);4-6,8-9H,7,10-17H2,1-3H3;3-5,7-8H,6,9-15H2,1-2H3;3-7H,8-13H2,1-2H3;1H/q;+1;;;/p-1. The third-order valence-corrected chi connectivity index (χ3v) is 18.7. The van der Waals surface area contributed by atoms with Gasteiger partial charge in [-0.15, -0.1) is 0 Å². The summed E-state index contributed by atoms with van der Waals surface area (Å²) >= 11 is 0. The summed E-state index contributed by atoms with van der Waals surface area (Å²) in [5.74, 6) is 0.411. The van der Waals surface area contributed by atoms with Crippen LogP contribution in [0.2, 0.25) is 0 Å². The predicted octanol–water partition coefficient (Wildman–Crippen LogP) is 8.70. The van der Waals surface area contributed by atoms with Crippen LogP contribution in [0.1, 0.15) is 126 Å². The van der Waals surface area contributed by atoms with Gasteiger partial charge in [-0.3, -0.25) is 9.59 Å². The number of likely N-dealkylation sites (tertiary alicyclic amines) is 4. The quantitative estimate of drug-likeness (QED) is 0.0551. The lowest BCUT2D eigenvalue weighted by molar-refractivity contribution is -0.870. The van der Waals surface area contributed by atoms with Gasteiger partial charge in [0.2, 0.25) is 11.8 Å². The maximum absolute atomic E-state index is 12.4. The fraction of sp³-hybridized carbons (Fsp3) is 0.597. The van der Waals surface area contributed by atoms with Crippen LogP contribution in [0.3, 0.4) is 0 Å². The first-order valence-corrected chi connectivity index (χ1v) is 34.2. The van der Waals surface area contributed by atoms with Crippen molar-refractivity contribution in [1.82, 2.24) is 34.7 Å². The molecule has 0 spiro atoms. The van der Waals surface area contributed by atoms with E-state index in [-0.39, 0.29) is 52.0 Å². The van der Waals surface area contributed by atoms with Crippen LogP contribution >= 0.6 is 0 Å². The molecule has 0 unspecified atom stereocenters. The number of carbonyl (C=O) groups is 3. The fourth-order valence-corrected chi connectivity index (χ4v) is 12.8. The molecule has 0 bridgehead atoms. The molecule has 0 aromatic heterocycles. The topological polar surface area (TPSA) is 187 Å². The normalized spacial score (nSPS) is 17.4. The highest BCUT2D eigenvalue weighted by atomic mass is 35.5. The zero-order valence-corrected chi connectivity index (χ0v) is 59.7. The van der Waals surface area contributed by atoms with Gasteiger partial charge in [0.05, 0.1) is 80.2 Å². The molecular weight excluding hydrogens is 1190 g/mol. The number of rotatable bonds is 23. The molecule has 0 saturated carbocycles. The second kappa shape index (κ2) is 39.9. The third kappa shape index (κ3) is 29.4. The number of carbonyl (C=O) groups excluding carboxylic acids is 3. The second-order valence-electron chi connectivity index (χ2n) is 29.3. The lowest BCUT2D eigenvalue weighted by Gasteiger charge is -2.37. The summed E-state index contributed by atoms with van der Waals surface area (Å²) < 4.78 is 6.12. The number of nitrogens with zero attached hydrogens (tertiary/aromatic N) is 11. The van der Waals surface area contributed by atoms with Crippen molar-refractivity contribution in [2.24, 2.45) is 21.7 Å². The van der Waals surface area contributed by atoms with Crippen molar-refractivity contribution < 1.29 is 36.0 Å². The van der Waals surface area contributed by atoms with Crippen LogP contribution in [-0.2, 0) is 40.0 Å². The molecule has 16 nitrogen and oxygen atoms in total. The van der Waals surface area contributed by atoms with Gasteiger partial charge in [0, 0.05) is 45.6 Å². The van der Waals surface area contributed by atoms with Gasteiger partial charge in [0.1, 0.15) is 5.60 Å². The smallest absolute Gasteiger partial charge is 0.407 e. The summed E-state index contributed by atoms with van der Waals surface area (Å²) in [6.45, 7) is 17.7. The summed E-state index contributed by atoms with van der Waals surface area (Å²) in [5.41, 5.74) is 3.57. The SMILES string of the molecule is CC(C)(C)OC(=O)NCCCN1CCC(C#N)(Cc2ccccc2)CC1.CN(C)CC(=O)N1CCC(C#N)(Cc2ccccc2)CC1.CN(C)CCCN1CCC(C#N)(Cc2ccccc2)CC1.C[N+](C)(C)CCCC(=O)N1CCC(C#N)(CCc2ccccc2)CC1.[Cl-]. The van der Waals surface area contributed by atoms with E-state index >= 15 is 0 Å². The monoisotopic (exact) mass is 1300 g/mol. The average Bonchev–Trinajstić information content (AvgIpc) is 0.860. The van der Waals surface area contributed by atoms with E-state index < -0.39 is 5.60 Å². The molecule has 0 aliphatic carbocycles. The van der Waals surface area contributed by atoms with Gasteiger partial charge in [-0.25, -0.2) is 4.79 Å². The number of alkyl carbamates (subject to hydrolysis) is 1. The maximum Gasteiger partial charge on any atom is 0.407 e. The van der Waals surface area contributed by atoms with Crippen molar-refractivity contribution in [2.75, 3.05) is 141 Å². The summed E-state index contributed by atoms with van der Waals surface area (Å²) in [6.07, 6.45) is 14.6. The minimum Gasteiger partial charge on any atom is -1.00 e. The molecule has 4 aliphatic heterocycles. The van der Waals surface area contributed by atoms with Gasteiger partial charge in [-0.1, -0.05) is 121 Å². The highest BCUT2D eigenvalue weighted by Crippen LogP contribution is 2.38. The highest BCUT2D eigenvalue weighted by Gasteiger charge is 2.39. The van der Waals surface area contributed by atoms with Gasteiger partial charge in [0.15, 0.2) is 0 Å². The Balaban J connectivity index is 0.000000267. The van der Waals surface area contributed by atoms with Gasteiger partial charge in [0.25, 0.3) is 0 Å². The number of piperidine rings is 4. The number of likely N-dealkylation sites (N-methyl/N-ethyl adjacent to an activating group) is 1. The Labute approximate surface area is 572 Å². The number of amides is 3. The molecule has 512 valence electrons. The number of halogens is 1. The Hall–Kier alpha value is -6.86. The zero-order valence-electron chi connectivity index (χ0n) is 58.9. The number of hydrogen-bond donors (Lipinski definition) is 1. The first-order chi connectivity index (χ1) is 44.3. The van der Waals surface area contributed by atoms with Crippen LogP contribution in [0.25, 0.3) is 0 Å². The van der Waals surface area contributed by atoms with E-state index in [4.69, 9.17) is 4.74 Å². The summed E-state index contributed by atoms with van der Waals surface area (Å²) in [7, 11) is 14.5. The number of ether oxygens (including phenoxy) is 1. The van der Waals surface area contributed by atoms with E-state index in [1.165, 1.54) is 28.7 Å². The van der Waals surface area contributed by atoms with E-state index in [0.717, 1.165) is 166 Å². The first kappa shape index (κ1) is 79.6. The van der Waals surface area contributed by atoms with E-state index in [1.807, 2.05) is 110 Å². The van der Waals surface area contributed by atoms with Crippen molar-refractivity contribution in [2.45, 2.75) is 136 Å². The lowest BCUT2D eigenvalue weighted by Crippen LogP contribution is -3.00. The van der Waals surface area contributed by atoms with Crippen LogP contribution in [0, 0.1) is 67.0 Å². The number of nitrogens with one attached hydrogen (secondary N) is 1. The van der Waals surface area contributed by atoms with E-state index in [1.54, 1.807) is 0 Å². The molecule has 0 radical (unpaired) electrons. The minimum absolute atomic E-state index is 0. The van der Waals surface area contributed by atoms with Crippen molar-refractivity contribution in [3.8, 4) is 24.3 Å². The third-order valence-electron chi connectivity index (χ3n) is 18.7. The van der Waals surface area contributed by atoms with Gasteiger partial charge in [-0.05, 0) is 213 Å². The van der Waals surface area contributed by atoms with Crippen molar-refractivity contribution in [3.63, 3.8) is 0 Å². The second-order valence-corrected chi connectivity index (χ2v) is 29.3. The Kier molecular flexibility index (Phi) is 33.8. The molecule has 4 aliphatic rings. The summed E-state index contributed by atoms with van der Waals surface area (Å²) in [6, 6.07) is 51.6. The van der Waals surface area contributed by atoms with Gasteiger partial charge < -0.3 is 56.3 Å². The van der Waals surface area contributed by atoms with Crippen molar-refractivity contribution in [1.29, 1.82) is 21.0 Å². The van der Waals surface area contributed by atoms with Crippen molar-refractivity contribution in [3.05, 3.63) is 144 Å². The molecule has 94 heavy (non-hydrogen) atoms. The van der Waals surface area contributed by atoms with Crippen LogP contribution in [-0.4, -0.2) is 198 Å². The summed E-state index contributed by atoms with van der Waals surface area (Å²) in [4.78, 5) is 49.0. The molecule has 0 atom stereocenters. The predicted molar refractivity (Wildman–Crippen MR) is 373 cm³/mol. The number of hydrogen-bond acceptors (Lipinski definition) is 12. The molecule has 4 saturated heterocycles. The van der Waals surface area contributed by atoms with Gasteiger partial charge >= 0.3 is 6.09 Å². The minimum atomic E-state index is -0.462. The Morgan fingerprint density at radius 3 is 1.23 bits per heavy atom. The van der Waals surface area contributed by atoms with E-state index in [0.29, 0.717) is 32.6 Å². The summed E-state index contributed by atoms with van der Waals surface area (Å²) in [5, 5.41) is 41.5. The van der Waals surface area contributed by atoms with Crippen LogP contribution in [0.15, 0.2) is 121 Å². The molecule has 17 heteroatoms. The molecule has 8 rings (SSSR count). The molecule has 1 N–H and O–H groups in total. The molecule has 4 fully saturated rings. The Bertz CT molecular complexity index is 2990. The zero-order chi connectivity index (χ0) is 67.8. The molecule has 3 amide bonds. The van der Waals surface area contributed by atoms with Gasteiger partial charge in [-0.2, -0.15) is 21.0 Å². The number of quaternary nitrogens is 1. The highest BCUT2D eigenvalue weighted by molar-refractivity contribution is 5.78. The van der Waals surface area contributed by atoms with Crippen LogP contribution in [0.4, 0.5) is 4.79 Å². The molecular formula is C77H113ClN12O4. The lowest BCUT2D eigenvalue weighted by atomic mass is 9.75. The average molecular weight is 1310 g/mol. The number of benzene rings is 4. The van der Waals surface area contributed by atoms with Crippen LogP contribution < -0.4 is 17.7 Å². The van der Waals surface area contributed by atoms with E-state index in [2.05, 4.69) is 140 Å². The maximum atomic E-state index is 12.4. The van der Waals surface area contributed by atoms with E-state index in [9.17, 15) is 35.4 Å². The fourth-order valence-electron chi connectivity index (χ4n) is 12.8. The molecule has 4 aromatic rings. The molecule has 4 aromatic carbocycles. The first-order valence-electron chi connectivity index (χ1n) is 34.2. The largest absolute Gasteiger partial charge is 1.00 e. The van der Waals surface area contributed by atoms with Crippen LogP contribution in [0.5, 0.6) is 0 Å². The Morgan fingerprint density at radius 1 is 0.511 bits per heavy atom. The number of nitriles is 4. The van der Waals surface area contributed by atoms with Crippen molar-refractivity contribution >= 4 is 17.9 Å². The number of aryl methyl sites for hydroxylation is 1.